The van der Waals surface area contributed by atoms with Crippen molar-refractivity contribution in [1.82, 2.24) is 14.5 Å². The fraction of sp³-hybridized carbons (Fsp3) is 0.571. The Balaban J connectivity index is 1.97. The molecule has 2 aromatic rings. The summed E-state index contributed by atoms with van der Waals surface area (Å²) < 4.78 is 2.23. The van der Waals surface area contributed by atoms with Crippen molar-refractivity contribution in [3.8, 4) is 0 Å². The molecule has 0 bridgehead atoms. The van der Waals surface area contributed by atoms with Crippen LogP contribution in [0.25, 0.3) is 11.2 Å². The molecule has 1 aliphatic rings. The number of halogens is 2. The van der Waals surface area contributed by atoms with Crippen molar-refractivity contribution in [2.45, 2.75) is 42.9 Å². The fourth-order valence-corrected chi connectivity index (χ4v) is 4.11. The molecule has 0 spiro atoms. The summed E-state index contributed by atoms with van der Waals surface area (Å²) in [5.74, 6) is 1.32. The van der Waals surface area contributed by atoms with Crippen LogP contribution in [-0.4, -0.2) is 26.0 Å². The van der Waals surface area contributed by atoms with Crippen molar-refractivity contribution < 1.29 is 0 Å². The van der Waals surface area contributed by atoms with Crippen molar-refractivity contribution >= 4 is 46.1 Å². The highest BCUT2D eigenvalue weighted by Crippen LogP contribution is 2.36. The van der Waals surface area contributed by atoms with Crippen LogP contribution >= 0.6 is 35.0 Å². The Morgan fingerprint density at radius 2 is 2.10 bits per heavy atom. The van der Waals surface area contributed by atoms with Crippen LogP contribution in [0.3, 0.4) is 0 Å². The van der Waals surface area contributed by atoms with E-state index in [9.17, 15) is 0 Å². The van der Waals surface area contributed by atoms with Gasteiger partial charge < -0.3 is 4.57 Å². The van der Waals surface area contributed by atoms with Crippen molar-refractivity contribution in [3.63, 3.8) is 0 Å². The van der Waals surface area contributed by atoms with Gasteiger partial charge in [0.2, 0.25) is 0 Å². The molecular weight excluding hydrogens is 313 g/mol. The lowest BCUT2D eigenvalue weighted by atomic mass is 9.94. The molecule has 1 aliphatic carbocycles. The molecule has 20 heavy (non-hydrogen) atoms. The first-order chi connectivity index (χ1) is 9.72. The normalized spacial score (nSPS) is 23.4. The first-order valence-corrected chi connectivity index (χ1v) is 9.04. The van der Waals surface area contributed by atoms with E-state index in [2.05, 4.69) is 20.8 Å². The first kappa shape index (κ1) is 14.5. The number of hydrogen-bond acceptors (Lipinski definition) is 3. The van der Waals surface area contributed by atoms with Gasteiger partial charge in [0.15, 0.2) is 5.65 Å². The summed E-state index contributed by atoms with van der Waals surface area (Å²) in [6, 6.07) is 2.33. The molecule has 1 saturated carbocycles. The molecule has 0 N–H and O–H groups in total. The number of rotatable bonds is 3. The minimum Gasteiger partial charge on any atom is -0.309 e. The van der Waals surface area contributed by atoms with E-state index >= 15 is 0 Å². The van der Waals surface area contributed by atoms with Gasteiger partial charge in [0.05, 0.1) is 10.9 Å². The van der Waals surface area contributed by atoms with Gasteiger partial charge in [0, 0.05) is 17.5 Å². The third-order valence-electron chi connectivity index (χ3n) is 4.03. The standard InChI is InChI=1S/C14H17Cl2N3S/c1-20-11-4-2-10(3-5-11)19-13(7-15)18-12-6-9(16)8-17-14(12)19/h6,8,10-11H,2-5,7H2,1H3. The van der Waals surface area contributed by atoms with Gasteiger partial charge in [-0.2, -0.15) is 11.8 Å². The number of hydrogen-bond donors (Lipinski definition) is 0. The van der Waals surface area contributed by atoms with E-state index in [4.69, 9.17) is 23.2 Å². The van der Waals surface area contributed by atoms with E-state index in [0.29, 0.717) is 16.9 Å². The van der Waals surface area contributed by atoms with Crippen molar-refractivity contribution in [2.75, 3.05) is 6.26 Å². The Kier molecular flexibility index (Phi) is 4.43. The number of nitrogens with zero attached hydrogens (tertiary/aromatic N) is 3. The summed E-state index contributed by atoms with van der Waals surface area (Å²) in [6.07, 6.45) is 8.73. The molecule has 0 saturated heterocycles. The molecule has 0 aliphatic heterocycles. The summed E-state index contributed by atoms with van der Waals surface area (Å²) in [4.78, 5) is 9.05. The van der Waals surface area contributed by atoms with Crippen LogP contribution in [0.2, 0.25) is 5.02 Å². The molecule has 1 fully saturated rings. The SMILES string of the molecule is CSC1CCC(n2c(CCl)nc3cc(Cl)cnc32)CC1. The maximum absolute atomic E-state index is 6.07. The zero-order valence-electron chi connectivity index (χ0n) is 11.4. The minimum absolute atomic E-state index is 0.413. The van der Waals surface area contributed by atoms with E-state index in [-0.39, 0.29) is 0 Å². The largest absolute Gasteiger partial charge is 0.309 e. The summed E-state index contributed by atoms with van der Waals surface area (Å²) in [5.41, 5.74) is 1.76. The van der Waals surface area contributed by atoms with Gasteiger partial charge in [-0.3, -0.25) is 0 Å². The summed E-state index contributed by atoms with van der Waals surface area (Å²) >= 11 is 14.0. The second-order valence-corrected chi connectivity index (χ2v) is 7.04. The highest BCUT2D eigenvalue weighted by molar-refractivity contribution is 7.99. The van der Waals surface area contributed by atoms with Crippen LogP contribution in [-0.2, 0) is 5.88 Å². The van der Waals surface area contributed by atoms with Crippen LogP contribution < -0.4 is 0 Å². The van der Waals surface area contributed by atoms with E-state index in [1.807, 2.05) is 17.8 Å². The van der Waals surface area contributed by atoms with Crippen LogP contribution in [0, 0.1) is 0 Å². The predicted octanol–water partition coefficient (Wildman–Crippen LogP) is 4.67. The highest BCUT2D eigenvalue weighted by Gasteiger charge is 2.25. The number of fused-ring (bicyclic) bond motifs is 1. The molecule has 2 heterocycles. The van der Waals surface area contributed by atoms with E-state index < -0.39 is 0 Å². The Labute approximate surface area is 133 Å². The average molecular weight is 330 g/mol. The molecular formula is C14H17Cl2N3S. The Bertz CT molecular complexity index is 606. The van der Waals surface area contributed by atoms with Crippen molar-refractivity contribution in [3.05, 3.63) is 23.1 Å². The molecule has 0 aromatic carbocycles. The van der Waals surface area contributed by atoms with Crippen molar-refractivity contribution in [1.29, 1.82) is 0 Å². The lowest BCUT2D eigenvalue weighted by Gasteiger charge is -2.29. The molecule has 0 radical (unpaired) electrons. The van der Waals surface area contributed by atoms with Crippen LogP contribution in [0.4, 0.5) is 0 Å². The third-order valence-corrected chi connectivity index (χ3v) is 5.62. The monoisotopic (exact) mass is 329 g/mol. The van der Waals surface area contributed by atoms with Crippen LogP contribution in [0.1, 0.15) is 37.5 Å². The number of imidazole rings is 1. The van der Waals surface area contributed by atoms with Gasteiger partial charge in [-0.15, -0.1) is 11.6 Å². The molecule has 6 heteroatoms. The molecule has 3 rings (SSSR count). The molecule has 0 unspecified atom stereocenters. The van der Waals surface area contributed by atoms with Gasteiger partial charge in [0.1, 0.15) is 11.3 Å². The first-order valence-electron chi connectivity index (χ1n) is 6.84. The van der Waals surface area contributed by atoms with Crippen molar-refractivity contribution in [2.24, 2.45) is 0 Å². The molecule has 3 nitrogen and oxygen atoms in total. The summed E-state index contributed by atoms with van der Waals surface area (Å²) in [6.45, 7) is 0. The van der Waals surface area contributed by atoms with Gasteiger partial charge >= 0.3 is 0 Å². The van der Waals surface area contributed by atoms with Crippen LogP contribution in [0.15, 0.2) is 12.3 Å². The average Bonchev–Trinajstić information content (AvgIpc) is 2.84. The van der Waals surface area contributed by atoms with E-state index in [0.717, 1.165) is 22.2 Å². The topological polar surface area (TPSA) is 30.7 Å². The summed E-state index contributed by atoms with van der Waals surface area (Å²) in [7, 11) is 0. The third kappa shape index (κ3) is 2.66. The fourth-order valence-electron chi connectivity index (χ4n) is 3.02. The quantitative estimate of drug-likeness (QED) is 0.766. The smallest absolute Gasteiger partial charge is 0.160 e. The zero-order valence-corrected chi connectivity index (χ0v) is 13.7. The predicted molar refractivity (Wildman–Crippen MR) is 86.9 cm³/mol. The number of thioether (sulfide) groups is 1. The van der Waals surface area contributed by atoms with Gasteiger partial charge in [-0.05, 0) is 38.0 Å². The molecule has 108 valence electrons. The molecule has 0 amide bonds. The Morgan fingerprint density at radius 1 is 1.35 bits per heavy atom. The minimum atomic E-state index is 0.413. The lowest BCUT2D eigenvalue weighted by Crippen LogP contribution is -2.20. The number of aromatic nitrogens is 3. The Morgan fingerprint density at radius 3 is 2.75 bits per heavy atom. The van der Waals surface area contributed by atoms with Gasteiger partial charge in [0.25, 0.3) is 0 Å². The maximum atomic E-state index is 6.07. The second kappa shape index (κ2) is 6.12. The number of pyridine rings is 1. The Hall–Kier alpha value is -0.450. The lowest BCUT2D eigenvalue weighted by molar-refractivity contribution is 0.360. The van der Waals surface area contributed by atoms with E-state index in [1.54, 1.807) is 6.20 Å². The maximum Gasteiger partial charge on any atom is 0.160 e. The van der Waals surface area contributed by atoms with Gasteiger partial charge in [-0.1, -0.05) is 11.6 Å². The van der Waals surface area contributed by atoms with Gasteiger partial charge in [-0.25, -0.2) is 9.97 Å². The second-order valence-electron chi connectivity index (χ2n) is 5.19. The highest BCUT2D eigenvalue weighted by atomic mass is 35.5. The van der Waals surface area contributed by atoms with Crippen LogP contribution in [0.5, 0.6) is 0 Å². The molecule has 0 atom stereocenters. The number of alkyl halides is 1. The van der Waals surface area contributed by atoms with E-state index in [1.165, 1.54) is 25.7 Å². The summed E-state index contributed by atoms with van der Waals surface area (Å²) in [5, 5.41) is 1.41. The molecule has 2 aromatic heterocycles. The zero-order chi connectivity index (χ0) is 14.1.